The Kier molecular flexibility index (Phi) is 3.48. The molecule has 1 saturated heterocycles. The van der Waals surface area contributed by atoms with Crippen LogP contribution in [0, 0.1) is 11.8 Å². The van der Waals surface area contributed by atoms with Gasteiger partial charge in [-0.05, 0) is 49.1 Å². The molecule has 1 aromatic rings. The molecule has 2 atom stereocenters. The van der Waals surface area contributed by atoms with E-state index in [0.29, 0.717) is 6.54 Å². The molecule has 0 spiro atoms. The summed E-state index contributed by atoms with van der Waals surface area (Å²) >= 11 is 0. The average molecular weight is 259 g/mol. The molecule has 0 radical (unpaired) electrons. The quantitative estimate of drug-likeness (QED) is 0.887. The van der Waals surface area contributed by atoms with Gasteiger partial charge in [0, 0.05) is 30.9 Å². The molecule has 1 aliphatic carbocycles. The van der Waals surface area contributed by atoms with E-state index in [0.717, 1.165) is 31.3 Å². The Morgan fingerprint density at radius 2 is 2.16 bits per heavy atom. The maximum Gasteiger partial charge on any atom is 0.133 e. The van der Waals surface area contributed by atoms with Gasteiger partial charge in [0.2, 0.25) is 0 Å². The molecule has 0 aromatic carbocycles. The van der Waals surface area contributed by atoms with E-state index in [4.69, 9.17) is 10.7 Å². The summed E-state index contributed by atoms with van der Waals surface area (Å²) in [6.07, 6.45) is 4.85. The van der Waals surface area contributed by atoms with E-state index in [1.165, 1.54) is 41.9 Å². The summed E-state index contributed by atoms with van der Waals surface area (Å²) in [6, 6.07) is 2.31. The van der Waals surface area contributed by atoms with Crippen LogP contribution < -0.4 is 10.6 Å². The third kappa shape index (κ3) is 2.36. The molecule has 1 aliphatic heterocycles. The summed E-state index contributed by atoms with van der Waals surface area (Å²) in [7, 11) is 0. The Morgan fingerprint density at radius 1 is 1.32 bits per heavy atom. The maximum absolute atomic E-state index is 5.95. The van der Waals surface area contributed by atoms with Crippen LogP contribution in [0.3, 0.4) is 0 Å². The summed E-state index contributed by atoms with van der Waals surface area (Å²) in [5.74, 6) is 2.74. The highest BCUT2D eigenvalue weighted by Gasteiger charge is 2.26. The SMILES string of the molecule is CC1CCN(c2nc3c(cc2CN)CCC3)CC1C. The number of anilines is 1. The van der Waals surface area contributed by atoms with Crippen molar-refractivity contribution in [3.8, 4) is 0 Å². The molecular weight excluding hydrogens is 234 g/mol. The van der Waals surface area contributed by atoms with Crippen molar-refractivity contribution in [3.63, 3.8) is 0 Å². The number of rotatable bonds is 2. The van der Waals surface area contributed by atoms with Crippen molar-refractivity contribution in [2.75, 3.05) is 18.0 Å². The predicted octanol–water partition coefficient (Wildman–Crippen LogP) is 2.51. The van der Waals surface area contributed by atoms with Gasteiger partial charge in [-0.1, -0.05) is 13.8 Å². The van der Waals surface area contributed by atoms with Gasteiger partial charge in [0.1, 0.15) is 5.82 Å². The van der Waals surface area contributed by atoms with Gasteiger partial charge in [0.05, 0.1) is 0 Å². The minimum Gasteiger partial charge on any atom is -0.356 e. The minimum absolute atomic E-state index is 0.607. The maximum atomic E-state index is 5.95. The van der Waals surface area contributed by atoms with Crippen molar-refractivity contribution in [2.24, 2.45) is 17.6 Å². The summed E-state index contributed by atoms with van der Waals surface area (Å²) in [4.78, 5) is 7.42. The summed E-state index contributed by atoms with van der Waals surface area (Å²) < 4.78 is 0. The molecule has 1 aromatic heterocycles. The molecule has 3 rings (SSSR count). The third-order valence-electron chi connectivity index (χ3n) is 4.96. The van der Waals surface area contributed by atoms with Gasteiger partial charge in [0.25, 0.3) is 0 Å². The van der Waals surface area contributed by atoms with Gasteiger partial charge in [-0.15, -0.1) is 0 Å². The second-order valence-corrected chi connectivity index (χ2v) is 6.32. The predicted molar refractivity (Wildman–Crippen MR) is 79.3 cm³/mol. The molecule has 3 heteroatoms. The van der Waals surface area contributed by atoms with Crippen LogP contribution >= 0.6 is 0 Å². The van der Waals surface area contributed by atoms with Gasteiger partial charge in [0.15, 0.2) is 0 Å². The van der Waals surface area contributed by atoms with Crippen molar-refractivity contribution in [3.05, 3.63) is 22.9 Å². The lowest BCUT2D eigenvalue weighted by molar-refractivity contribution is 0.322. The Balaban J connectivity index is 1.91. The van der Waals surface area contributed by atoms with Crippen molar-refractivity contribution >= 4 is 5.82 Å². The first-order valence-corrected chi connectivity index (χ1v) is 7.65. The molecule has 2 unspecified atom stereocenters. The molecule has 104 valence electrons. The number of fused-ring (bicyclic) bond motifs is 1. The summed E-state index contributed by atoms with van der Waals surface area (Å²) in [5.41, 5.74) is 9.94. The topological polar surface area (TPSA) is 42.2 Å². The van der Waals surface area contributed by atoms with E-state index in [2.05, 4.69) is 24.8 Å². The van der Waals surface area contributed by atoms with Crippen LogP contribution in [0.15, 0.2) is 6.07 Å². The lowest BCUT2D eigenvalue weighted by Crippen LogP contribution is -2.39. The first kappa shape index (κ1) is 12.9. The largest absolute Gasteiger partial charge is 0.356 e. The summed E-state index contributed by atoms with van der Waals surface area (Å²) in [6.45, 7) is 7.58. The van der Waals surface area contributed by atoms with Crippen LogP contribution in [-0.2, 0) is 19.4 Å². The van der Waals surface area contributed by atoms with Crippen LogP contribution in [0.5, 0.6) is 0 Å². The standard InChI is InChI=1S/C16H25N3/c1-11-6-7-19(10-12(11)2)16-14(9-17)8-13-4-3-5-15(13)18-16/h8,11-12H,3-7,9-10,17H2,1-2H3. The second-order valence-electron chi connectivity index (χ2n) is 6.32. The molecular formula is C16H25N3. The van der Waals surface area contributed by atoms with Crippen molar-refractivity contribution in [2.45, 2.75) is 46.1 Å². The molecule has 0 bridgehead atoms. The highest BCUT2D eigenvalue weighted by atomic mass is 15.2. The van der Waals surface area contributed by atoms with Gasteiger partial charge >= 0.3 is 0 Å². The minimum atomic E-state index is 0.607. The zero-order chi connectivity index (χ0) is 13.4. The van der Waals surface area contributed by atoms with Crippen LogP contribution in [0.25, 0.3) is 0 Å². The highest BCUT2D eigenvalue weighted by molar-refractivity contribution is 5.51. The number of nitrogens with zero attached hydrogens (tertiary/aromatic N) is 2. The van der Waals surface area contributed by atoms with Crippen molar-refractivity contribution in [1.82, 2.24) is 4.98 Å². The monoisotopic (exact) mass is 259 g/mol. The Bertz CT molecular complexity index is 469. The number of aryl methyl sites for hydroxylation is 2. The number of nitrogens with two attached hydrogens (primary N) is 1. The normalized spacial score (nSPS) is 26.6. The first-order valence-electron chi connectivity index (χ1n) is 7.65. The fourth-order valence-electron chi connectivity index (χ4n) is 3.39. The van der Waals surface area contributed by atoms with Crippen LogP contribution in [-0.4, -0.2) is 18.1 Å². The van der Waals surface area contributed by atoms with Crippen LogP contribution in [0.1, 0.15) is 43.5 Å². The Hall–Kier alpha value is -1.09. The number of hydrogen-bond acceptors (Lipinski definition) is 3. The molecule has 0 saturated carbocycles. The Morgan fingerprint density at radius 3 is 2.89 bits per heavy atom. The van der Waals surface area contributed by atoms with E-state index in [1.54, 1.807) is 0 Å². The van der Waals surface area contributed by atoms with Gasteiger partial charge in [-0.25, -0.2) is 4.98 Å². The van der Waals surface area contributed by atoms with Crippen molar-refractivity contribution in [1.29, 1.82) is 0 Å². The van der Waals surface area contributed by atoms with E-state index >= 15 is 0 Å². The fourth-order valence-corrected chi connectivity index (χ4v) is 3.39. The molecule has 2 N–H and O–H groups in total. The van der Waals surface area contributed by atoms with E-state index in [9.17, 15) is 0 Å². The van der Waals surface area contributed by atoms with Crippen LogP contribution in [0.4, 0.5) is 5.82 Å². The molecule has 19 heavy (non-hydrogen) atoms. The number of piperidine rings is 1. The smallest absolute Gasteiger partial charge is 0.133 e. The van der Waals surface area contributed by atoms with Gasteiger partial charge in [-0.2, -0.15) is 0 Å². The average Bonchev–Trinajstić information content (AvgIpc) is 2.87. The number of hydrogen-bond donors (Lipinski definition) is 1. The highest BCUT2D eigenvalue weighted by Crippen LogP contribution is 2.31. The molecule has 1 fully saturated rings. The summed E-state index contributed by atoms with van der Waals surface area (Å²) in [5, 5.41) is 0. The number of pyridine rings is 1. The second kappa shape index (κ2) is 5.12. The molecule has 0 amide bonds. The molecule has 2 aliphatic rings. The van der Waals surface area contributed by atoms with Crippen LogP contribution in [0.2, 0.25) is 0 Å². The molecule has 2 heterocycles. The number of aromatic nitrogens is 1. The van der Waals surface area contributed by atoms with Crippen molar-refractivity contribution < 1.29 is 0 Å². The van der Waals surface area contributed by atoms with Gasteiger partial charge in [-0.3, -0.25) is 0 Å². The van der Waals surface area contributed by atoms with Gasteiger partial charge < -0.3 is 10.6 Å². The fraction of sp³-hybridized carbons (Fsp3) is 0.688. The lowest BCUT2D eigenvalue weighted by atomic mass is 9.88. The third-order valence-corrected chi connectivity index (χ3v) is 4.96. The van der Waals surface area contributed by atoms with E-state index < -0.39 is 0 Å². The van der Waals surface area contributed by atoms with E-state index in [1.807, 2.05) is 0 Å². The van der Waals surface area contributed by atoms with E-state index in [-0.39, 0.29) is 0 Å². The molecule has 3 nitrogen and oxygen atoms in total. The zero-order valence-corrected chi connectivity index (χ0v) is 12.2. The lowest BCUT2D eigenvalue weighted by Gasteiger charge is -2.37. The Labute approximate surface area is 116 Å². The first-order chi connectivity index (χ1) is 9.19. The zero-order valence-electron chi connectivity index (χ0n) is 12.2.